The largest absolute Gasteiger partial charge is 0.504 e. The molecule has 7 heteroatoms. The van der Waals surface area contributed by atoms with Crippen molar-refractivity contribution in [3.05, 3.63) is 70.5 Å². The SMILES string of the molecule is COc1cc2c(cc1O)CC1c3c(cc(OC)c(O)c3-2)CCN1C(=O)c1ccc(F)cc1. The van der Waals surface area contributed by atoms with Crippen LogP contribution in [0.25, 0.3) is 11.1 Å². The standard InChI is InChI=1S/C25H22FNO5/c1-31-20-12-17-15(10-19(20)28)9-18-22-14(11-21(32-2)24(29)23(17)22)7-8-27(18)25(30)13-3-5-16(26)6-4-13/h3-6,10-12,18,28-29H,7-9H2,1-2H3. The van der Waals surface area contributed by atoms with Crippen molar-refractivity contribution in [1.29, 1.82) is 0 Å². The molecule has 1 atom stereocenters. The molecule has 2 N–H and O–H groups in total. The van der Waals surface area contributed by atoms with Gasteiger partial charge in [-0.1, -0.05) is 0 Å². The average molecular weight is 435 g/mol. The first-order valence-corrected chi connectivity index (χ1v) is 10.3. The molecule has 0 radical (unpaired) electrons. The van der Waals surface area contributed by atoms with Crippen LogP contribution in [0.4, 0.5) is 4.39 Å². The van der Waals surface area contributed by atoms with Crippen molar-refractivity contribution in [2.45, 2.75) is 18.9 Å². The molecule has 32 heavy (non-hydrogen) atoms. The summed E-state index contributed by atoms with van der Waals surface area (Å²) in [6.45, 7) is 0.471. The van der Waals surface area contributed by atoms with E-state index in [0.29, 0.717) is 42.0 Å². The molecule has 0 fully saturated rings. The van der Waals surface area contributed by atoms with Crippen LogP contribution in [0, 0.1) is 5.82 Å². The Morgan fingerprint density at radius 3 is 2.44 bits per heavy atom. The van der Waals surface area contributed by atoms with Crippen molar-refractivity contribution in [1.82, 2.24) is 4.90 Å². The van der Waals surface area contributed by atoms with Crippen molar-refractivity contribution in [3.8, 4) is 34.1 Å². The van der Waals surface area contributed by atoms with Gasteiger partial charge < -0.3 is 24.6 Å². The van der Waals surface area contributed by atoms with Crippen LogP contribution in [0.15, 0.2) is 42.5 Å². The fourth-order valence-corrected chi connectivity index (χ4v) is 4.88. The number of hydrogen-bond acceptors (Lipinski definition) is 5. The van der Waals surface area contributed by atoms with Crippen molar-refractivity contribution < 1.29 is 28.9 Å². The third kappa shape index (κ3) is 2.96. The summed E-state index contributed by atoms with van der Waals surface area (Å²) in [5.41, 5.74) is 4.37. The molecule has 0 saturated heterocycles. The summed E-state index contributed by atoms with van der Waals surface area (Å²) in [6.07, 6.45) is 1.05. The molecule has 1 amide bonds. The molecule has 5 rings (SSSR count). The maximum atomic E-state index is 13.4. The first-order chi connectivity index (χ1) is 15.4. The van der Waals surface area contributed by atoms with Crippen molar-refractivity contribution in [2.75, 3.05) is 20.8 Å². The van der Waals surface area contributed by atoms with Crippen molar-refractivity contribution in [3.63, 3.8) is 0 Å². The Hall–Kier alpha value is -3.74. The van der Waals surface area contributed by atoms with E-state index in [-0.39, 0.29) is 23.4 Å². The summed E-state index contributed by atoms with van der Waals surface area (Å²) in [6, 6.07) is 10.3. The zero-order valence-electron chi connectivity index (χ0n) is 17.7. The van der Waals surface area contributed by atoms with Crippen LogP contribution >= 0.6 is 0 Å². The van der Waals surface area contributed by atoms with Crippen molar-refractivity contribution >= 4 is 5.91 Å². The minimum atomic E-state index is -0.402. The molecule has 1 aliphatic heterocycles. The summed E-state index contributed by atoms with van der Waals surface area (Å²) in [4.78, 5) is 15.1. The number of fused-ring (bicyclic) bond motifs is 2. The maximum absolute atomic E-state index is 13.4. The van der Waals surface area contributed by atoms with Gasteiger partial charge in [0.25, 0.3) is 5.91 Å². The molecular weight excluding hydrogens is 413 g/mol. The fraction of sp³-hybridized carbons (Fsp3) is 0.240. The summed E-state index contributed by atoms with van der Waals surface area (Å²) >= 11 is 0. The quantitative estimate of drug-likeness (QED) is 0.644. The fourth-order valence-electron chi connectivity index (χ4n) is 4.88. The summed E-state index contributed by atoms with van der Waals surface area (Å²) < 4.78 is 24.1. The number of aromatic hydroxyl groups is 2. The Labute approximate surface area is 184 Å². The minimum absolute atomic E-state index is 0.00969. The molecule has 3 aromatic carbocycles. The molecule has 164 valence electrons. The Balaban J connectivity index is 1.70. The highest BCUT2D eigenvalue weighted by Gasteiger charge is 2.39. The van der Waals surface area contributed by atoms with Gasteiger partial charge in [-0.15, -0.1) is 0 Å². The van der Waals surface area contributed by atoms with Crippen LogP contribution < -0.4 is 9.47 Å². The van der Waals surface area contributed by atoms with Gasteiger partial charge in [-0.2, -0.15) is 0 Å². The number of hydrogen-bond donors (Lipinski definition) is 2. The van der Waals surface area contributed by atoms with E-state index in [1.807, 2.05) is 6.07 Å². The van der Waals surface area contributed by atoms with Crippen LogP contribution in [0.1, 0.15) is 33.1 Å². The molecule has 3 aromatic rings. The zero-order valence-corrected chi connectivity index (χ0v) is 17.7. The zero-order chi connectivity index (χ0) is 22.6. The van der Waals surface area contributed by atoms with E-state index in [1.165, 1.54) is 38.5 Å². The minimum Gasteiger partial charge on any atom is -0.504 e. The van der Waals surface area contributed by atoms with Gasteiger partial charge in [0.1, 0.15) is 5.82 Å². The second-order valence-electron chi connectivity index (χ2n) is 8.03. The number of phenolic OH excluding ortho intramolecular Hbond substituents is 2. The molecule has 6 nitrogen and oxygen atoms in total. The average Bonchev–Trinajstić information content (AvgIpc) is 2.80. The van der Waals surface area contributed by atoms with Gasteiger partial charge in [-0.25, -0.2) is 4.39 Å². The molecule has 0 saturated carbocycles. The van der Waals surface area contributed by atoms with Crippen LogP contribution in [0.3, 0.4) is 0 Å². The molecule has 1 unspecified atom stereocenters. The summed E-state index contributed by atoms with van der Waals surface area (Å²) in [5.74, 6) is 0.0263. The van der Waals surface area contributed by atoms with E-state index < -0.39 is 5.82 Å². The van der Waals surface area contributed by atoms with Gasteiger partial charge in [-0.05, 0) is 77.6 Å². The van der Waals surface area contributed by atoms with Gasteiger partial charge >= 0.3 is 0 Å². The van der Waals surface area contributed by atoms with Crippen LogP contribution in [0.5, 0.6) is 23.0 Å². The first-order valence-electron chi connectivity index (χ1n) is 10.3. The van der Waals surface area contributed by atoms with E-state index in [4.69, 9.17) is 9.47 Å². The number of phenols is 2. The van der Waals surface area contributed by atoms with E-state index in [9.17, 15) is 19.4 Å². The van der Waals surface area contributed by atoms with Gasteiger partial charge in [0.15, 0.2) is 23.0 Å². The number of amides is 1. The molecular formula is C25H22FNO5. The number of nitrogens with zero attached hydrogens (tertiary/aromatic N) is 1. The smallest absolute Gasteiger partial charge is 0.254 e. The number of carbonyl (C=O) groups excluding carboxylic acids is 1. The predicted octanol–water partition coefficient (Wildman–Crippen LogP) is 4.22. The number of halogens is 1. The Bertz CT molecular complexity index is 1240. The topological polar surface area (TPSA) is 79.2 Å². The van der Waals surface area contributed by atoms with Crippen LogP contribution in [-0.2, 0) is 12.8 Å². The number of carbonyl (C=O) groups is 1. The number of methoxy groups -OCH3 is 2. The highest BCUT2D eigenvalue weighted by atomic mass is 19.1. The molecule has 0 spiro atoms. The van der Waals surface area contributed by atoms with Gasteiger partial charge in [0.05, 0.1) is 20.3 Å². The normalized spacial score (nSPS) is 16.2. The Kier molecular flexibility index (Phi) is 4.69. The van der Waals surface area contributed by atoms with Gasteiger partial charge in [0.2, 0.25) is 0 Å². The number of rotatable bonds is 3. The monoisotopic (exact) mass is 435 g/mol. The van der Waals surface area contributed by atoms with Crippen LogP contribution in [-0.4, -0.2) is 41.8 Å². The number of benzene rings is 3. The van der Waals surface area contributed by atoms with Gasteiger partial charge in [0, 0.05) is 17.7 Å². The van der Waals surface area contributed by atoms with E-state index in [1.54, 1.807) is 17.0 Å². The summed E-state index contributed by atoms with van der Waals surface area (Å²) in [7, 11) is 2.97. The predicted molar refractivity (Wildman–Crippen MR) is 116 cm³/mol. The van der Waals surface area contributed by atoms with Crippen molar-refractivity contribution in [2.24, 2.45) is 0 Å². The lowest BCUT2D eigenvalue weighted by molar-refractivity contribution is 0.0658. The lowest BCUT2D eigenvalue weighted by atomic mass is 9.76. The molecule has 1 aliphatic carbocycles. The second-order valence-corrected chi connectivity index (χ2v) is 8.03. The molecule has 2 aliphatic rings. The van der Waals surface area contributed by atoms with E-state index in [2.05, 4.69) is 0 Å². The third-order valence-electron chi connectivity index (χ3n) is 6.38. The lowest BCUT2D eigenvalue weighted by Crippen LogP contribution is -2.42. The Morgan fingerprint density at radius 1 is 1.03 bits per heavy atom. The third-order valence-corrected chi connectivity index (χ3v) is 6.38. The molecule has 1 heterocycles. The maximum Gasteiger partial charge on any atom is 0.254 e. The molecule has 0 aromatic heterocycles. The summed E-state index contributed by atoms with van der Waals surface area (Å²) in [5, 5.41) is 21.4. The first kappa shape index (κ1) is 20.2. The Morgan fingerprint density at radius 2 is 1.75 bits per heavy atom. The number of ether oxygens (including phenoxy) is 2. The van der Waals surface area contributed by atoms with Gasteiger partial charge in [-0.3, -0.25) is 4.79 Å². The highest BCUT2D eigenvalue weighted by molar-refractivity contribution is 5.95. The van der Waals surface area contributed by atoms with Crippen LogP contribution in [0.2, 0.25) is 0 Å². The van der Waals surface area contributed by atoms with E-state index in [0.717, 1.165) is 22.3 Å². The lowest BCUT2D eigenvalue weighted by Gasteiger charge is -2.42. The van der Waals surface area contributed by atoms with E-state index >= 15 is 0 Å². The highest BCUT2D eigenvalue weighted by Crippen LogP contribution is 2.53. The molecule has 0 bridgehead atoms. The second kappa shape index (κ2) is 7.44.